The molecule has 0 saturated heterocycles. The van der Waals surface area contributed by atoms with Gasteiger partial charge in [0.15, 0.2) is 18.1 Å². The fourth-order valence-electron chi connectivity index (χ4n) is 1.63. The van der Waals surface area contributed by atoms with Crippen LogP contribution in [0.4, 0.5) is 5.13 Å². The van der Waals surface area contributed by atoms with E-state index in [4.69, 9.17) is 9.47 Å². The zero-order valence-corrected chi connectivity index (χ0v) is 12.5. The van der Waals surface area contributed by atoms with Gasteiger partial charge in [0.1, 0.15) is 5.51 Å². The van der Waals surface area contributed by atoms with Gasteiger partial charge in [-0.3, -0.25) is 10.1 Å². The van der Waals surface area contributed by atoms with Crippen LogP contribution in [0.3, 0.4) is 0 Å². The van der Waals surface area contributed by atoms with E-state index in [9.17, 15) is 4.79 Å². The first kappa shape index (κ1) is 15.0. The van der Waals surface area contributed by atoms with Crippen molar-refractivity contribution in [1.82, 2.24) is 10.2 Å². The molecule has 0 bridgehead atoms. The molecule has 0 aliphatic carbocycles. The number of rotatable bonds is 6. The first-order chi connectivity index (χ1) is 10.2. The Morgan fingerprint density at radius 3 is 2.95 bits per heavy atom. The van der Waals surface area contributed by atoms with Crippen molar-refractivity contribution in [2.24, 2.45) is 0 Å². The van der Waals surface area contributed by atoms with Crippen LogP contribution in [-0.2, 0) is 4.79 Å². The third-order valence-electron chi connectivity index (χ3n) is 2.51. The number of methoxy groups -OCH3 is 1. The Balaban J connectivity index is 1.97. The zero-order valence-electron chi connectivity index (χ0n) is 11.7. The van der Waals surface area contributed by atoms with Crippen LogP contribution in [-0.4, -0.2) is 29.8 Å². The number of ether oxygens (including phenoxy) is 2. The van der Waals surface area contributed by atoms with E-state index in [0.717, 1.165) is 5.56 Å². The molecular weight excluding hydrogens is 290 g/mol. The summed E-state index contributed by atoms with van der Waals surface area (Å²) in [4.78, 5) is 11.7. The van der Waals surface area contributed by atoms with E-state index < -0.39 is 0 Å². The average Bonchev–Trinajstić information content (AvgIpc) is 2.99. The summed E-state index contributed by atoms with van der Waals surface area (Å²) >= 11 is 1.25. The lowest BCUT2D eigenvalue weighted by Crippen LogP contribution is -2.20. The number of anilines is 1. The molecule has 1 aromatic carbocycles. The van der Waals surface area contributed by atoms with Crippen molar-refractivity contribution < 1.29 is 14.3 Å². The first-order valence-corrected chi connectivity index (χ1v) is 7.10. The molecule has 2 rings (SSSR count). The molecule has 1 amide bonds. The van der Waals surface area contributed by atoms with Crippen molar-refractivity contribution in [2.75, 3.05) is 19.0 Å². The lowest BCUT2D eigenvalue weighted by atomic mass is 10.2. The fourth-order valence-corrected chi connectivity index (χ4v) is 2.09. The van der Waals surface area contributed by atoms with Crippen molar-refractivity contribution >= 4 is 28.5 Å². The molecule has 0 aliphatic heterocycles. The molecule has 0 saturated carbocycles. The minimum atomic E-state index is -0.300. The molecule has 21 heavy (non-hydrogen) atoms. The lowest BCUT2D eigenvalue weighted by Gasteiger charge is -2.10. The van der Waals surface area contributed by atoms with Crippen molar-refractivity contribution in [3.63, 3.8) is 0 Å². The standard InChI is InChI=1S/C14H15N3O3S/c1-3-4-10-5-6-11(12(7-10)19-2)20-8-13(18)16-14-17-15-9-21-14/h3-7,9H,8H2,1-2H3,(H,16,17,18). The highest BCUT2D eigenvalue weighted by Gasteiger charge is 2.09. The molecule has 7 heteroatoms. The molecule has 0 atom stereocenters. The van der Waals surface area contributed by atoms with E-state index in [1.54, 1.807) is 18.7 Å². The summed E-state index contributed by atoms with van der Waals surface area (Å²) in [6.45, 7) is 1.81. The molecule has 0 spiro atoms. The number of carbonyl (C=O) groups excluding carboxylic acids is 1. The summed E-state index contributed by atoms with van der Waals surface area (Å²) in [6, 6.07) is 5.50. The quantitative estimate of drug-likeness (QED) is 0.888. The van der Waals surface area contributed by atoms with Crippen LogP contribution in [0.15, 0.2) is 29.8 Å². The van der Waals surface area contributed by atoms with E-state index in [1.165, 1.54) is 11.3 Å². The molecule has 1 N–H and O–H groups in total. The van der Waals surface area contributed by atoms with Crippen molar-refractivity contribution in [1.29, 1.82) is 0 Å². The van der Waals surface area contributed by atoms with Gasteiger partial charge in [-0.2, -0.15) is 0 Å². The summed E-state index contributed by atoms with van der Waals surface area (Å²) in [5.41, 5.74) is 2.54. The molecule has 0 radical (unpaired) electrons. The summed E-state index contributed by atoms with van der Waals surface area (Å²) in [5, 5.41) is 10.4. The van der Waals surface area contributed by atoms with Crippen LogP contribution >= 0.6 is 11.3 Å². The third kappa shape index (κ3) is 4.28. The topological polar surface area (TPSA) is 73.3 Å². The van der Waals surface area contributed by atoms with Crippen LogP contribution in [0.5, 0.6) is 11.5 Å². The number of nitrogens with one attached hydrogen (secondary N) is 1. The van der Waals surface area contributed by atoms with Gasteiger partial charge in [-0.1, -0.05) is 29.6 Å². The summed E-state index contributed by atoms with van der Waals surface area (Å²) < 4.78 is 10.7. The highest BCUT2D eigenvalue weighted by Crippen LogP contribution is 2.28. The van der Waals surface area contributed by atoms with E-state index in [2.05, 4.69) is 15.5 Å². The Labute approximate surface area is 126 Å². The number of nitrogens with zero attached hydrogens (tertiary/aromatic N) is 2. The van der Waals surface area contributed by atoms with Gasteiger partial charge in [-0.25, -0.2) is 0 Å². The highest BCUT2D eigenvalue weighted by atomic mass is 32.1. The summed E-state index contributed by atoms with van der Waals surface area (Å²) in [7, 11) is 1.56. The van der Waals surface area contributed by atoms with Crippen LogP contribution < -0.4 is 14.8 Å². The molecule has 0 unspecified atom stereocenters. The Hall–Kier alpha value is -2.41. The molecular formula is C14H15N3O3S. The van der Waals surface area contributed by atoms with Gasteiger partial charge in [-0.05, 0) is 24.6 Å². The van der Waals surface area contributed by atoms with Crippen LogP contribution in [0, 0.1) is 0 Å². The van der Waals surface area contributed by atoms with E-state index in [0.29, 0.717) is 16.6 Å². The molecule has 0 fully saturated rings. The number of allylic oxidation sites excluding steroid dienone is 1. The SMILES string of the molecule is CC=Cc1ccc(OCC(=O)Nc2nncs2)c(OC)c1. The predicted molar refractivity (Wildman–Crippen MR) is 81.7 cm³/mol. The van der Waals surface area contributed by atoms with E-state index >= 15 is 0 Å². The second-order valence-electron chi connectivity index (χ2n) is 3.99. The maximum Gasteiger partial charge on any atom is 0.264 e. The Morgan fingerprint density at radius 1 is 1.43 bits per heavy atom. The van der Waals surface area contributed by atoms with Gasteiger partial charge in [0.25, 0.3) is 5.91 Å². The zero-order chi connectivity index (χ0) is 15.1. The highest BCUT2D eigenvalue weighted by molar-refractivity contribution is 7.13. The van der Waals surface area contributed by atoms with Crippen molar-refractivity contribution in [2.45, 2.75) is 6.92 Å². The average molecular weight is 305 g/mol. The first-order valence-electron chi connectivity index (χ1n) is 6.22. The molecule has 110 valence electrons. The van der Waals surface area contributed by atoms with E-state index in [-0.39, 0.29) is 12.5 Å². The maximum atomic E-state index is 11.7. The number of carbonyl (C=O) groups is 1. The Kier molecular flexibility index (Phi) is 5.28. The predicted octanol–water partition coefficient (Wildman–Crippen LogP) is 2.60. The third-order valence-corrected chi connectivity index (χ3v) is 3.12. The summed E-state index contributed by atoms with van der Waals surface area (Å²) in [5.74, 6) is 0.791. The van der Waals surface area contributed by atoms with Crippen molar-refractivity contribution in [3.8, 4) is 11.5 Å². The normalized spacial score (nSPS) is 10.6. The molecule has 1 heterocycles. The minimum absolute atomic E-state index is 0.126. The number of hydrogen-bond acceptors (Lipinski definition) is 6. The van der Waals surface area contributed by atoms with Gasteiger partial charge in [0.05, 0.1) is 7.11 Å². The fraction of sp³-hybridized carbons (Fsp3) is 0.214. The second kappa shape index (κ2) is 7.39. The Morgan fingerprint density at radius 2 is 2.29 bits per heavy atom. The number of benzene rings is 1. The van der Waals surface area contributed by atoms with Crippen LogP contribution in [0.25, 0.3) is 6.08 Å². The smallest absolute Gasteiger partial charge is 0.264 e. The van der Waals surface area contributed by atoms with Gasteiger partial charge in [0.2, 0.25) is 5.13 Å². The number of amides is 1. The molecule has 2 aromatic rings. The largest absolute Gasteiger partial charge is 0.493 e. The molecule has 6 nitrogen and oxygen atoms in total. The van der Waals surface area contributed by atoms with Gasteiger partial charge in [0, 0.05) is 0 Å². The number of aromatic nitrogens is 2. The monoisotopic (exact) mass is 305 g/mol. The number of hydrogen-bond donors (Lipinski definition) is 1. The van der Waals surface area contributed by atoms with Crippen LogP contribution in [0.1, 0.15) is 12.5 Å². The molecule has 0 aliphatic rings. The van der Waals surface area contributed by atoms with E-state index in [1.807, 2.05) is 31.2 Å². The second-order valence-corrected chi connectivity index (χ2v) is 4.82. The van der Waals surface area contributed by atoms with Crippen LogP contribution in [0.2, 0.25) is 0 Å². The Bertz CT molecular complexity index is 626. The maximum absolute atomic E-state index is 11.7. The summed E-state index contributed by atoms with van der Waals surface area (Å²) in [6.07, 6.45) is 3.89. The van der Waals surface area contributed by atoms with Gasteiger partial charge in [-0.15, -0.1) is 10.2 Å². The van der Waals surface area contributed by atoms with Crippen molar-refractivity contribution in [3.05, 3.63) is 35.3 Å². The van der Waals surface area contributed by atoms with Gasteiger partial charge >= 0.3 is 0 Å². The molecule has 1 aromatic heterocycles. The lowest BCUT2D eigenvalue weighted by molar-refractivity contribution is -0.118. The minimum Gasteiger partial charge on any atom is -0.493 e. The van der Waals surface area contributed by atoms with Gasteiger partial charge < -0.3 is 9.47 Å².